The maximum absolute atomic E-state index is 13.0. The molecule has 0 saturated carbocycles. The molecular weight excluding hydrogens is 273 g/mol. The van der Waals surface area contributed by atoms with Gasteiger partial charge in [-0.05, 0) is 61.1 Å². The van der Waals surface area contributed by atoms with Crippen molar-refractivity contribution in [1.82, 2.24) is 0 Å². The van der Waals surface area contributed by atoms with Crippen molar-refractivity contribution >= 4 is 11.6 Å². The van der Waals surface area contributed by atoms with Gasteiger partial charge in [-0.3, -0.25) is 0 Å². The molecule has 2 rings (SSSR count). The molecule has 0 fully saturated rings. The second kappa shape index (κ2) is 6.38. The lowest BCUT2D eigenvalue weighted by Gasteiger charge is -2.16. The summed E-state index contributed by atoms with van der Waals surface area (Å²) in [6.45, 7) is 4.19. The number of hydrogen-bond acceptors (Lipinski definition) is 1. The zero-order valence-electron chi connectivity index (χ0n) is 11.8. The minimum atomic E-state index is -0.318. The van der Waals surface area contributed by atoms with Gasteiger partial charge in [0.25, 0.3) is 0 Å². The number of aryl methyl sites for hydroxylation is 2. The first-order valence-electron chi connectivity index (χ1n) is 6.72. The molecule has 3 heteroatoms. The van der Waals surface area contributed by atoms with Gasteiger partial charge >= 0.3 is 0 Å². The van der Waals surface area contributed by atoms with Gasteiger partial charge < -0.3 is 5.73 Å². The molecule has 0 bridgehead atoms. The monoisotopic (exact) mass is 291 g/mol. The predicted octanol–water partition coefficient (Wildman–Crippen LogP) is 4.21. The lowest BCUT2D eigenvalue weighted by atomic mass is 9.94. The Bertz CT molecular complexity index is 590. The molecule has 0 aliphatic heterocycles. The van der Waals surface area contributed by atoms with E-state index >= 15 is 0 Å². The highest BCUT2D eigenvalue weighted by Crippen LogP contribution is 2.21. The summed E-state index contributed by atoms with van der Waals surface area (Å²) in [5.74, 6) is -0.318. The maximum atomic E-state index is 13.0. The topological polar surface area (TPSA) is 26.0 Å². The van der Waals surface area contributed by atoms with Crippen molar-refractivity contribution in [2.75, 3.05) is 0 Å². The second-order valence-corrected chi connectivity index (χ2v) is 5.68. The van der Waals surface area contributed by atoms with Crippen molar-refractivity contribution < 1.29 is 4.39 Å². The molecule has 1 nitrogen and oxygen atoms in total. The normalized spacial score (nSPS) is 12.4. The van der Waals surface area contributed by atoms with Crippen molar-refractivity contribution in [2.24, 2.45) is 5.73 Å². The summed E-state index contributed by atoms with van der Waals surface area (Å²) in [6, 6.07) is 10.7. The summed E-state index contributed by atoms with van der Waals surface area (Å²) in [4.78, 5) is 0. The van der Waals surface area contributed by atoms with Gasteiger partial charge in [-0.2, -0.15) is 0 Å². The molecule has 0 amide bonds. The van der Waals surface area contributed by atoms with Gasteiger partial charge in [0.2, 0.25) is 0 Å². The van der Waals surface area contributed by atoms with Gasteiger partial charge in [-0.15, -0.1) is 0 Å². The average molecular weight is 292 g/mol. The van der Waals surface area contributed by atoms with Gasteiger partial charge in [-0.1, -0.05) is 35.9 Å². The van der Waals surface area contributed by atoms with Crippen LogP contribution in [0.5, 0.6) is 0 Å². The molecule has 0 saturated heterocycles. The number of rotatable bonds is 4. The molecule has 0 aliphatic carbocycles. The van der Waals surface area contributed by atoms with Crippen LogP contribution >= 0.6 is 11.6 Å². The minimum absolute atomic E-state index is 0.0299. The molecule has 1 atom stereocenters. The molecule has 0 aliphatic rings. The third-order valence-corrected chi connectivity index (χ3v) is 3.96. The lowest BCUT2D eigenvalue weighted by molar-refractivity contribution is 0.623. The molecule has 0 radical (unpaired) electrons. The molecule has 0 heterocycles. The van der Waals surface area contributed by atoms with Crippen LogP contribution in [0.3, 0.4) is 0 Å². The van der Waals surface area contributed by atoms with E-state index in [4.69, 9.17) is 17.3 Å². The average Bonchev–Trinajstić information content (AvgIpc) is 2.37. The van der Waals surface area contributed by atoms with Crippen LogP contribution in [0.4, 0.5) is 4.39 Å². The quantitative estimate of drug-likeness (QED) is 0.897. The number of benzene rings is 2. The zero-order chi connectivity index (χ0) is 14.7. The Hall–Kier alpha value is -1.38. The molecule has 0 spiro atoms. The van der Waals surface area contributed by atoms with Crippen LogP contribution in [0.15, 0.2) is 36.4 Å². The van der Waals surface area contributed by atoms with Crippen molar-refractivity contribution in [3.8, 4) is 0 Å². The Kier molecular flexibility index (Phi) is 4.79. The number of hydrogen-bond donors (Lipinski definition) is 1. The molecule has 2 aromatic rings. The number of nitrogens with two attached hydrogens (primary N) is 1. The van der Waals surface area contributed by atoms with Crippen LogP contribution in [0.2, 0.25) is 5.02 Å². The van der Waals surface area contributed by atoms with E-state index < -0.39 is 0 Å². The van der Waals surface area contributed by atoms with E-state index in [0.717, 1.165) is 12.0 Å². The first-order valence-corrected chi connectivity index (χ1v) is 7.09. The van der Waals surface area contributed by atoms with E-state index in [-0.39, 0.29) is 11.9 Å². The summed E-state index contributed by atoms with van der Waals surface area (Å²) in [5, 5.41) is 0.446. The Labute approximate surface area is 124 Å². The minimum Gasteiger partial charge on any atom is -0.327 e. The van der Waals surface area contributed by atoms with E-state index in [1.165, 1.54) is 28.8 Å². The van der Waals surface area contributed by atoms with Crippen molar-refractivity contribution in [3.63, 3.8) is 0 Å². The smallest absolute Gasteiger partial charge is 0.124 e. The number of halogens is 2. The first-order chi connectivity index (χ1) is 9.47. The molecule has 0 aromatic heterocycles. The highest BCUT2D eigenvalue weighted by atomic mass is 35.5. The molecule has 106 valence electrons. The fourth-order valence-corrected chi connectivity index (χ4v) is 2.72. The maximum Gasteiger partial charge on any atom is 0.124 e. The first kappa shape index (κ1) is 15.0. The summed E-state index contributed by atoms with van der Waals surface area (Å²) in [6.07, 6.45) is 1.44. The van der Waals surface area contributed by atoms with E-state index in [9.17, 15) is 4.39 Å². The molecular formula is C17H19ClFN. The summed E-state index contributed by atoms with van der Waals surface area (Å²) in [7, 11) is 0. The zero-order valence-corrected chi connectivity index (χ0v) is 12.5. The van der Waals surface area contributed by atoms with Crippen LogP contribution < -0.4 is 5.73 Å². The van der Waals surface area contributed by atoms with Crippen molar-refractivity contribution in [1.29, 1.82) is 0 Å². The fourth-order valence-electron chi connectivity index (χ4n) is 2.48. The SMILES string of the molecule is Cc1cccc(C)c1CC(N)Cc1ccc(F)cc1Cl. The summed E-state index contributed by atoms with van der Waals surface area (Å²) >= 11 is 6.04. The Morgan fingerprint density at radius 2 is 1.75 bits per heavy atom. The standard InChI is InChI=1S/C17H19ClFN/c1-11-4-3-5-12(2)16(11)10-15(20)8-13-6-7-14(19)9-17(13)18/h3-7,9,15H,8,10,20H2,1-2H3. The van der Waals surface area contributed by atoms with E-state index in [1.54, 1.807) is 6.07 Å². The van der Waals surface area contributed by atoms with Crippen LogP contribution in [0.1, 0.15) is 22.3 Å². The second-order valence-electron chi connectivity index (χ2n) is 5.27. The Morgan fingerprint density at radius 1 is 1.10 bits per heavy atom. The third-order valence-electron chi connectivity index (χ3n) is 3.61. The van der Waals surface area contributed by atoms with E-state index in [0.29, 0.717) is 11.4 Å². The molecule has 1 unspecified atom stereocenters. The van der Waals surface area contributed by atoms with Gasteiger partial charge in [0.1, 0.15) is 5.82 Å². The van der Waals surface area contributed by atoms with E-state index in [2.05, 4.69) is 32.0 Å². The molecule has 20 heavy (non-hydrogen) atoms. The Balaban J connectivity index is 2.11. The van der Waals surface area contributed by atoms with Crippen LogP contribution in [-0.4, -0.2) is 6.04 Å². The van der Waals surface area contributed by atoms with Crippen LogP contribution in [0.25, 0.3) is 0 Å². The highest BCUT2D eigenvalue weighted by Gasteiger charge is 2.11. The molecule has 2 aromatic carbocycles. The van der Waals surface area contributed by atoms with Crippen LogP contribution in [-0.2, 0) is 12.8 Å². The fraction of sp³-hybridized carbons (Fsp3) is 0.294. The predicted molar refractivity (Wildman–Crippen MR) is 82.7 cm³/mol. The highest BCUT2D eigenvalue weighted by molar-refractivity contribution is 6.31. The van der Waals surface area contributed by atoms with E-state index in [1.807, 2.05) is 0 Å². The van der Waals surface area contributed by atoms with Gasteiger partial charge in [0, 0.05) is 11.1 Å². The van der Waals surface area contributed by atoms with Gasteiger partial charge in [0.05, 0.1) is 0 Å². The Morgan fingerprint density at radius 3 is 2.35 bits per heavy atom. The van der Waals surface area contributed by atoms with Crippen molar-refractivity contribution in [3.05, 3.63) is 69.5 Å². The summed E-state index contributed by atoms with van der Waals surface area (Å²) < 4.78 is 13.0. The third kappa shape index (κ3) is 3.59. The van der Waals surface area contributed by atoms with Crippen molar-refractivity contribution in [2.45, 2.75) is 32.7 Å². The molecule has 2 N–H and O–H groups in total. The van der Waals surface area contributed by atoms with Gasteiger partial charge in [-0.25, -0.2) is 4.39 Å². The van der Waals surface area contributed by atoms with Crippen LogP contribution in [0, 0.1) is 19.7 Å². The van der Waals surface area contributed by atoms with Gasteiger partial charge in [0.15, 0.2) is 0 Å². The summed E-state index contributed by atoms with van der Waals surface area (Å²) in [5.41, 5.74) is 10.9. The lowest BCUT2D eigenvalue weighted by Crippen LogP contribution is -2.26. The largest absolute Gasteiger partial charge is 0.327 e.